The van der Waals surface area contributed by atoms with Crippen molar-refractivity contribution < 1.29 is 15.8 Å². The van der Waals surface area contributed by atoms with Crippen molar-refractivity contribution in [3.05, 3.63) is 34.9 Å². The van der Waals surface area contributed by atoms with Crippen molar-refractivity contribution in [3.8, 4) is 0 Å². The highest BCUT2D eigenvalue weighted by Gasteiger charge is 2.67. The van der Waals surface area contributed by atoms with E-state index >= 15 is 0 Å². The third-order valence-corrected chi connectivity index (χ3v) is 7.00. The average Bonchev–Trinajstić information content (AvgIpc) is 2.97. The molecule has 1 N–H and O–H groups in total. The SMILES string of the molecule is COC(=O)NC1CC(C(=O)N2C[C@H]3[C@H](c4ccc(C)c(C)c4)[C@@]3(C)C2)C1.[HH]. The first kappa shape index (κ1) is 17.4. The first-order valence-electron chi connectivity index (χ1n) is 9.54. The summed E-state index contributed by atoms with van der Waals surface area (Å²) in [5.41, 5.74) is 4.34. The van der Waals surface area contributed by atoms with Gasteiger partial charge in [0.15, 0.2) is 0 Å². The van der Waals surface area contributed by atoms with Crippen molar-refractivity contribution in [3.63, 3.8) is 0 Å². The molecule has 1 aliphatic heterocycles. The van der Waals surface area contributed by atoms with Crippen molar-refractivity contribution >= 4 is 12.0 Å². The van der Waals surface area contributed by atoms with Gasteiger partial charge in [0.1, 0.15) is 0 Å². The summed E-state index contributed by atoms with van der Waals surface area (Å²) < 4.78 is 4.61. The number of carbonyl (C=O) groups excluding carboxylic acids is 2. The van der Waals surface area contributed by atoms with Crippen LogP contribution in [0.5, 0.6) is 0 Å². The summed E-state index contributed by atoms with van der Waals surface area (Å²) in [7, 11) is 1.36. The summed E-state index contributed by atoms with van der Waals surface area (Å²) in [6.07, 6.45) is 1.05. The molecule has 0 unspecified atom stereocenters. The molecule has 5 heteroatoms. The van der Waals surface area contributed by atoms with Gasteiger partial charge in [-0.2, -0.15) is 0 Å². The molecule has 1 heterocycles. The molecule has 0 bridgehead atoms. The maximum Gasteiger partial charge on any atom is 0.407 e. The zero-order valence-electron chi connectivity index (χ0n) is 16.0. The van der Waals surface area contributed by atoms with Crippen LogP contribution in [0.25, 0.3) is 0 Å². The molecule has 1 aromatic carbocycles. The molecular weight excluding hydrogens is 328 g/mol. The van der Waals surface area contributed by atoms with Crippen LogP contribution in [0.15, 0.2) is 18.2 Å². The average molecular weight is 358 g/mol. The second-order valence-corrected chi connectivity index (χ2v) is 8.65. The van der Waals surface area contributed by atoms with Crippen molar-refractivity contribution in [2.45, 2.75) is 45.6 Å². The Kier molecular flexibility index (Phi) is 4.01. The number of piperidine rings is 1. The molecule has 2 aliphatic carbocycles. The highest BCUT2D eigenvalue weighted by atomic mass is 16.5. The Labute approximate surface area is 156 Å². The minimum absolute atomic E-state index is 0. The monoisotopic (exact) mass is 358 g/mol. The predicted molar refractivity (Wildman–Crippen MR) is 101 cm³/mol. The van der Waals surface area contributed by atoms with E-state index in [-0.39, 0.29) is 24.7 Å². The fraction of sp³-hybridized carbons (Fsp3) is 0.619. The van der Waals surface area contributed by atoms with E-state index in [4.69, 9.17) is 0 Å². The number of carbonyl (C=O) groups is 2. The Balaban J connectivity index is 0.00000210. The molecule has 3 fully saturated rings. The lowest BCUT2D eigenvalue weighted by Gasteiger charge is -2.37. The molecule has 2 saturated carbocycles. The molecule has 1 saturated heterocycles. The van der Waals surface area contributed by atoms with Crippen LogP contribution in [0.4, 0.5) is 4.79 Å². The van der Waals surface area contributed by atoms with Gasteiger partial charge in [0.2, 0.25) is 5.91 Å². The lowest BCUT2D eigenvalue weighted by Crippen LogP contribution is -2.50. The number of hydrogen-bond donors (Lipinski definition) is 1. The van der Waals surface area contributed by atoms with Crippen LogP contribution < -0.4 is 5.32 Å². The zero-order valence-corrected chi connectivity index (χ0v) is 16.0. The lowest BCUT2D eigenvalue weighted by molar-refractivity contribution is -0.138. The standard InChI is InChI=1S/C21H28N2O3.H2/c1-12-5-6-14(7-13(12)2)18-17-10-23(11-21(17,18)3)19(24)15-8-16(9-15)22-20(25)26-4;/h5-7,15-18H,8-11H2,1-4H3,(H,22,25);1H/t15?,16?,17-,18-,21-;/m0./s1. The maximum absolute atomic E-state index is 12.8. The van der Waals surface area contributed by atoms with E-state index in [1.165, 1.54) is 23.8 Å². The molecule has 3 aliphatic rings. The molecule has 4 rings (SSSR count). The number of likely N-dealkylation sites (tertiary alicyclic amines) is 1. The van der Waals surface area contributed by atoms with Gasteiger partial charge < -0.3 is 15.0 Å². The van der Waals surface area contributed by atoms with E-state index < -0.39 is 6.09 Å². The van der Waals surface area contributed by atoms with Crippen molar-refractivity contribution in [1.82, 2.24) is 10.2 Å². The molecule has 1 aromatic rings. The van der Waals surface area contributed by atoms with Crippen molar-refractivity contribution in [2.75, 3.05) is 20.2 Å². The summed E-state index contributed by atoms with van der Waals surface area (Å²) in [5, 5.41) is 2.77. The van der Waals surface area contributed by atoms with E-state index in [9.17, 15) is 9.59 Å². The first-order chi connectivity index (χ1) is 12.3. The van der Waals surface area contributed by atoms with Crippen LogP contribution in [-0.2, 0) is 9.53 Å². The Bertz CT molecular complexity index is 762. The van der Waals surface area contributed by atoms with E-state index in [1.807, 2.05) is 0 Å². The Morgan fingerprint density at radius 1 is 1.27 bits per heavy atom. The van der Waals surface area contributed by atoms with Gasteiger partial charge in [0.05, 0.1) is 7.11 Å². The third kappa shape index (κ3) is 2.68. The molecule has 0 aromatic heterocycles. The highest BCUT2D eigenvalue weighted by molar-refractivity contribution is 5.81. The normalized spacial score (nSPS) is 34.7. The van der Waals surface area contributed by atoms with Gasteiger partial charge >= 0.3 is 6.09 Å². The number of hydrogen-bond acceptors (Lipinski definition) is 3. The molecule has 3 atom stereocenters. The van der Waals surface area contributed by atoms with Gasteiger partial charge in [-0.25, -0.2) is 4.79 Å². The van der Waals surface area contributed by atoms with Gasteiger partial charge in [-0.05, 0) is 60.6 Å². The summed E-state index contributed by atoms with van der Waals surface area (Å²) in [6.45, 7) is 8.38. The number of aryl methyl sites for hydroxylation is 2. The minimum atomic E-state index is -0.410. The van der Waals surface area contributed by atoms with Crippen LogP contribution in [0.2, 0.25) is 0 Å². The fourth-order valence-electron chi connectivity index (χ4n) is 5.06. The molecule has 142 valence electrons. The number of ether oxygens (including phenoxy) is 1. The van der Waals surface area contributed by atoms with Crippen molar-refractivity contribution in [2.24, 2.45) is 17.3 Å². The number of nitrogens with one attached hydrogen (secondary N) is 1. The third-order valence-electron chi connectivity index (χ3n) is 7.00. The molecule has 26 heavy (non-hydrogen) atoms. The van der Waals surface area contributed by atoms with Crippen LogP contribution in [-0.4, -0.2) is 43.1 Å². The Morgan fingerprint density at radius 2 is 2.00 bits per heavy atom. The fourth-order valence-corrected chi connectivity index (χ4v) is 5.06. The largest absolute Gasteiger partial charge is 0.453 e. The molecule has 5 nitrogen and oxygen atoms in total. The smallest absolute Gasteiger partial charge is 0.407 e. The van der Waals surface area contributed by atoms with Crippen LogP contribution >= 0.6 is 0 Å². The minimum Gasteiger partial charge on any atom is -0.453 e. The number of rotatable bonds is 3. The Hall–Kier alpha value is -2.04. The van der Waals surface area contributed by atoms with E-state index in [1.54, 1.807) is 0 Å². The molecule has 2 amide bonds. The summed E-state index contributed by atoms with van der Waals surface area (Å²) >= 11 is 0. The predicted octanol–water partition coefficient (Wildman–Crippen LogP) is 3.25. The zero-order chi connectivity index (χ0) is 18.6. The van der Waals surface area contributed by atoms with Gasteiger partial charge in [-0.1, -0.05) is 25.1 Å². The number of amides is 2. The molecule has 0 radical (unpaired) electrons. The summed E-state index contributed by atoms with van der Waals surface area (Å²) in [6, 6.07) is 6.88. The second-order valence-electron chi connectivity index (χ2n) is 8.65. The van der Waals surface area contributed by atoms with Crippen LogP contribution in [0.3, 0.4) is 0 Å². The summed E-state index contributed by atoms with van der Waals surface area (Å²) in [4.78, 5) is 26.0. The van der Waals surface area contributed by atoms with Gasteiger partial charge in [0, 0.05) is 26.5 Å². The van der Waals surface area contributed by atoms with Gasteiger partial charge in [-0.15, -0.1) is 0 Å². The quantitative estimate of drug-likeness (QED) is 0.902. The Morgan fingerprint density at radius 3 is 2.58 bits per heavy atom. The number of fused-ring (bicyclic) bond motifs is 1. The van der Waals surface area contributed by atoms with Crippen molar-refractivity contribution in [1.29, 1.82) is 0 Å². The maximum atomic E-state index is 12.8. The second kappa shape index (κ2) is 6.00. The van der Waals surface area contributed by atoms with Gasteiger partial charge in [0.25, 0.3) is 0 Å². The summed E-state index contributed by atoms with van der Waals surface area (Å²) in [5.74, 6) is 1.48. The number of nitrogens with zero attached hydrogens (tertiary/aromatic N) is 1. The van der Waals surface area contributed by atoms with Crippen LogP contribution in [0, 0.1) is 31.1 Å². The lowest BCUT2D eigenvalue weighted by atomic mass is 9.79. The molecular formula is C21H30N2O3. The molecule has 0 spiro atoms. The number of methoxy groups -OCH3 is 1. The first-order valence-corrected chi connectivity index (χ1v) is 9.54. The number of alkyl carbamates (subject to hydrolysis) is 1. The van der Waals surface area contributed by atoms with Gasteiger partial charge in [-0.3, -0.25) is 4.79 Å². The van der Waals surface area contributed by atoms with E-state index in [0.717, 1.165) is 25.9 Å². The van der Waals surface area contributed by atoms with E-state index in [2.05, 4.69) is 53.9 Å². The van der Waals surface area contributed by atoms with Crippen LogP contribution in [0.1, 0.15) is 43.8 Å². The number of benzene rings is 1. The van der Waals surface area contributed by atoms with E-state index in [0.29, 0.717) is 11.8 Å². The topological polar surface area (TPSA) is 58.6 Å². The highest BCUT2D eigenvalue weighted by Crippen LogP contribution is 2.68.